The van der Waals surface area contributed by atoms with Crippen LogP contribution in [0.25, 0.3) is 11.0 Å². The maximum Gasteiger partial charge on any atom is 0.417 e. The molecule has 2 atom stereocenters. The van der Waals surface area contributed by atoms with E-state index >= 15 is 0 Å². The van der Waals surface area contributed by atoms with E-state index in [-0.39, 0.29) is 47.1 Å². The van der Waals surface area contributed by atoms with E-state index in [9.17, 15) is 27.2 Å². The Hall–Kier alpha value is -3.40. The lowest BCUT2D eigenvalue weighted by Gasteiger charge is -2.44. The number of nitrogens with zero attached hydrogens (tertiary/aromatic N) is 2. The smallest absolute Gasteiger partial charge is 0.417 e. The molecule has 0 N–H and O–H groups in total. The third-order valence-corrected chi connectivity index (χ3v) is 6.12. The van der Waals surface area contributed by atoms with E-state index in [0.29, 0.717) is 25.7 Å². The second kappa shape index (κ2) is 9.69. The van der Waals surface area contributed by atoms with Gasteiger partial charge in [0.15, 0.2) is 6.61 Å². The second-order valence-corrected chi connectivity index (χ2v) is 8.72. The van der Waals surface area contributed by atoms with Gasteiger partial charge in [0.1, 0.15) is 17.1 Å². The normalized spacial score (nSPS) is 19.2. The fourth-order valence-electron chi connectivity index (χ4n) is 4.29. The van der Waals surface area contributed by atoms with Crippen LogP contribution in [0, 0.1) is 5.82 Å². The van der Waals surface area contributed by atoms with Crippen LogP contribution in [0.1, 0.15) is 25.0 Å². The Morgan fingerprint density at radius 2 is 1.77 bits per heavy atom. The minimum atomic E-state index is -4.71. The molecule has 1 aliphatic rings. The van der Waals surface area contributed by atoms with Crippen molar-refractivity contribution in [1.82, 2.24) is 9.80 Å². The van der Waals surface area contributed by atoms with Gasteiger partial charge in [0.05, 0.1) is 5.56 Å². The molecule has 2 aromatic carbocycles. The molecule has 0 aliphatic carbocycles. The third kappa shape index (κ3) is 5.64. The van der Waals surface area contributed by atoms with Crippen molar-refractivity contribution in [3.05, 3.63) is 75.9 Å². The number of hydrogen-bond acceptors (Lipinski definition) is 5. The molecule has 4 rings (SSSR count). The summed E-state index contributed by atoms with van der Waals surface area (Å²) in [5.41, 5.74) is -1.51. The highest BCUT2D eigenvalue weighted by Crippen LogP contribution is 2.34. The fraction of sp³-hybridized carbons (Fsp3) is 0.360. The van der Waals surface area contributed by atoms with Crippen molar-refractivity contribution in [3.63, 3.8) is 0 Å². The molecule has 2 unspecified atom stereocenters. The van der Waals surface area contributed by atoms with Crippen LogP contribution in [0.2, 0.25) is 0 Å². The molecule has 1 aliphatic heterocycles. The molecule has 3 aromatic rings. The molecule has 6 nitrogen and oxygen atoms in total. The molecule has 35 heavy (non-hydrogen) atoms. The Kier molecular flexibility index (Phi) is 6.84. The van der Waals surface area contributed by atoms with Crippen LogP contribution in [0.4, 0.5) is 17.6 Å². The molecule has 0 bridgehead atoms. The number of ether oxygens (including phenoxy) is 1. The van der Waals surface area contributed by atoms with E-state index < -0.39 is 17.4 Å². The van der Waals surface area contributed by atoms with Crippen LogP contribution in [-0.4, -0.2) is 47.5 Å². The van der Waals surface area contributed by atoms with Gasteiger partial charge in [-0.25, -0.2) is 9.18 Å². The van der Waals surface area contributed by atoms with Gasteiger partial charge in [-0.1, -0.05) is 12.1 Å². The van der Waals surface area contributed by atoms with E-state index in [1.54, 1.807) is 17.0 Å². The highest BCUT2D eigenvalue weighted by molar-refractivity contribution is 5.82. The monoisotopic (exact) mass is 492 g/mol. The summed E-state index contributed by atoms with van der Waals surface area (Å²) in [6, 6.07) is 10.3. The van der Waals surface area contributed by atoms with Crippen LogP contribution < -0.4 is 10.4 Å². The summed E-state index contributed by atoms with van der Waals surface area (Å²) in [6.45, 7) is 5.32. The lowest BCUT2D eigenvalue weighted by molar-refractivity contribution is -0.139. The number of fused-ring (bicyclic) bond motifs is 1. The number of halogens is 4. The van der Waals surface area contributed by atoms with Crippen molar-refractivity contribution in [3.8, 4) is 5.75 Å². The number of carbonyl (C=O) groups excluding carboxylic acids is 1. The van der Waals surface area contributed by atoms with Gasteiger partial charge < -0.3 is 14.1 Å². The number of benzene rings is 2. The van der Waals surface area contributed by atoms with E-state index in [2.05, 4.69) is 4.90 Å². The van der Waals surface area contributed by atoms with Crippen molar-refractivity contribution < 1.29 is 31.5 Å². The van der Waals surface area contributed by atoms with Gasteiger partial charge in [0.2, 0.25) is 0 Å². The largest absolute Gasteiger partial charge is 0.484 e. The number of piperazine rings is 1. The lowest BCUT2D eigenvalue weighted by Crippen LogP contribution is -2.58. The van der Waals surface area contributed by atoms with Crippen molar-refractivity contribution in [2.75, 3.05) is 19.7 Å². The first-order valence-corrected chi connectivity index (χ1v) is 11.1. The highest BCUT2D eigenvalue weighted by Gasteiger charge is 2.34. The zero-order chi connectivity index (χ0) is 25.3. The van der Waals surface area contributed by atoms with Crippen LogP contribution in [0.15, 0.2) is 57.7 Å². The maximum atomic E-state index is 13.2. The first-order valence-electron chi connectivity index (χ1n) is 11.1. The molecule has 10 heteroatoms. The topological polar surface area (TPSA) is 63.0 Å². The quantitative estimate of drug-likeness (QED) is 0.389. The van der Waals surface area contributed by atoms with Crippen molar-refractivity contribution in [1.29, 1.82) is 0 Å². The number of rotatable bonds is 5. The van der Waals surface area contributed by atoms with Crippen molar-refractivity contribution in [2.45, 2.75) is 38.7 Å². The second-order valence-electron chi connectivity index (χ2n) is 8.72. The predicted octanol–water partition coefficient (Wildman–Crippen LogP) is 4.45. The Balaban J connectivity index is 1.40. The van der Waals surface area contributed by atoms with Crippen molar-refractivity contribution >= 4 is 16.9 Å². The minimum absolute atomic E-state index is 0.0518. The molecular formula is C25H24F4N2O4. The zero-order valence-corrected chi connectivity index (χ0v) is 19.1. The first kappa shape index (κ1) is 24.7. The first-order chi connectivity index (χ1) is 16.5. The Morgan fingerprint density at radius 1 is 1.06 bits per heavy atom. The summed E-state index contributed by atoms with van der Waals surface area (Å²) >= 11 is 0. The van der Waals surface area contributed by atoms with Gasteiger partial charge in [-0.3, -0.25) is 9.69 Å². The van der Waals surface area contributed by atoms with Gasteiger partial charge in [0.25, 0.3) is 5.91 Å². The number of amides is 1. The predicted molar refractivity (Wildman–Crippen MR) is 120 cm³/mol. The molecule has 1 aromatic heterocycles. The average Bonchev–Trinajstić information content (AvgIpc) is 2.79. The van der Waals surface area contributed by atoms with Gasteiger partial charge in [-0.05, 0) is 43.7 Å². The highest BCUT2D eigenvalue weighted by atomic mass is 19.4. The number of hydrogen-bond donors (Lipinski definition) is 0. The SMILES string of the molecule is CC1CN(C(=O)COc2ccc3c(C(F)(F)F)cc(=O)oc3c2)C(C)CN1Cc1ccc(F)cc1. The van der Waals surface area contributed by atoms with Crippen LogP contribution in [0.3, 0.4) is 0 Å². The van der Waals surface area contributed by atoms with Gasteiger partial charge in [-0.2, -0.15) is 13.2 Å². The zero-order valence-electron chi connectivity index (χ0n) is 19.1. The molecule has 1 fully saturated rings. The standard InChI is InChI=1S/C25H24F4N2O4/c1-15-12-31(16(2)11-30(15)13-17-3-5-18(26)6-4-17)23(32)14-34-19-7-8-20-21(25(27,28)29)10-24(33)35-22(20)9-19/h3-10,15-16H,11-14H2,1-2H3. The lowest BCUT2D eigenvalue weighted by atomic mass is 10.1. The summed E-state index contributed by atoms with van der Waals surface area (Å²) < 4.78 is 63.2. The van der Waals surface area contributed by atoms with Crippen LogP contribution in [-0.2, 0) is 17.5 Å². The minimum Gasteiger partial charge on any atom is -0.484 e. The Bertz CT molecular complexity index is 1270. The van der Waals surface area contributed by atoms with Crippen LogP contribution in [0.5, 0.6) is 5.75 Å². The average molecular weight is 492 g/mol. The van der Waals surface area contributed by atoms with E-state index in [1.807, 2.05) is 13.8 Å². The molecule has 1 saturated heterocycles. The third-order valence-electron chi connectivity index (χ3n) is 6.12. The van der Waals surface area contributed by atoms with Crippen molar-refractivity contribution in [2.24, 2.45) is 0 Å². The molecule has 0 saturated carbocycles. The summed E-state index contributed by atoms with van der Waals surface area (Å²) in [7, 11) is 0. The van der Waals surface area contributed by atoms with Gasteiger partial charge >= 0.3 is 11.8 Å². The summed E-state index contributed by atoms with van der Waals surface area (Å²) in [6.07, 6.45) is -4.71. The van der Waals surface area contributed by atoms with Crippen LogP contribution >= 0.6 is 0 Å². The number of alkyl halides is 3. The molecule has 0 spiro atoms. The number of carbonyl (C=O) groups is 1. The van der Waals surface area contributed by atoms with Gasteiger partial charge in [-0.15, -0.1) is 0 Å². The summed E-state index contributed by atoms with van der Waals surface area (Å²) in [5, 5.41) is -0.268. The molecular weight excluding hydrogens is 468 g/mol. The van der Waals surface area contributed by atoms with Gasteiger partial charge in [0, 0.05) is 49.2 Å². The Morgan fingerprint density at radius 3 is 2.46 bits per heavy atom. The van der Waals surface area contributed by atoms with E-state index in [1.165, 1.54) is 24.3 Å². The van der Waals surface area contributed by atoms with E-state index in [4.69, 9.17) is 9.15 Å². The fourth-order valence-corrected chi connectivity index (χ4v) is 4.29. The van der Waals surface area contributed by atoms with E-state index in [0.717, 1.165) is 11.6 Å². The molecule has 186 valence electrons. The maximum absolute atomic E-state index is 13.2. The molecule has 2 heterocycles. The molecule has 1 amide bonds. The summed E-state index contributed by atoms with van der Waals surface area (Å²) in [5.74, 6) is -0.444. The summed E-state index contributed by atoms with van der Waals surface area (Å²) in [4.78, 5) is 28.3. The Labute approximate surface area is 198 Å². The molecule has 0 radical (unpaired) electrons.